The van der Waals surface area contributed by atoms with Gasteiger partial charge in [0.05, 0.1) is 12.0 Å². The minimum Gasteiger partial charge on any atom is -0.463 e. The predicted molar refractivity (Wildman–Crippen MR) is 89.4 cm³/mol. The summed E-state index contributed by atoms with van der Waals surface area (Å²) in [5.74, 6) is -0.799. The SMILES string of the molecule is C[C@@H]1CCCC(N=O)CCCN[C@H](C)[C@@H](N=O)[C@H](N=O)COC1=O. The first kappa shape index (κ1) is 20.3. The van der Waals surface area contributed by atoms with Crippen LogP contribution in [0.4, 0.5) is 0 Å². The maximum atomic E-state index is 12.0. The van der Waals surface area contributed by atoms with Crippen molar-refractivity contribution in [2.45, 2.75) is 70.1 Å². The average molecular weight is 342 g/mol. The van der Waals surface area contributed by atoms with Gasteiger partial charge in [0.2, 0.25) is 0 Å². The van der Waals surface area contributed by atoms with Gasteiger partial charge in [0, 0.05) is 6.04 Å². The van der Waals surface area contributed by atoms with E-state index in [2.05, 4.69) is 20.8 Å². The molecule has 0 aromatic rings. The largest absolute Gasteiger partial charge is 0.463 e. The number of hydrogen-bond donors (Lipinski definition) is 1. The van der Waals surface area contributed by atoms with E-state index >= 15 is 0 Å². The van der Waals surface area contributed by atoms with Crippen molar-refractivity contribution in [3.05, 3.63) is 14.7 Å². The fourth-order valence-electron chi connectivity index (χ4n) is 2.81. The summed E-state index contributed by atoms with van der Waals surface area (Å²) in [6, 6.07) is -2.61. The molecule has 136 valence electrons. The highest BCUT2D eigenvalue weighted by atomic mass is 16.5. The summed E-state index contributed by atoms with van der Waals surface area (Å²) in [7, 11) is 0. The number of carbonyl (C=O) groups is 1. The van der Waals surface area contributed by atoms with Gasteiger partial charge in [-0.15, -0.1) is 0 Å². The Morgan fingerprint density at radius 3 is 2.33 bits per heavy atom. The highest BCUT2D eigenvalue weighted by Gasteiger charge is 2.31. The molecule has 0 aromatic heterocycles. The van der Waals surface area contributed by atoms with Gasteiger partial charge in [-0.3, -0.25) is 4.79 Å². The molecule has 1 aliphatic rings. The summed E-state index contributed by atoms with van der Waals surface area (Å²) in [4.78, 5) is 45.0. The molecule has 0 aromatic carbocycles. The van der Waals surface area contributed by atoms with Gasteiger partial charge in [-0.1, -0.05) is 28.9 Å². The zero-order valence-corrected chi connectivity index (χ0v) is 14.2. The first-order valence-electron chi connectivity index (χ1n) is 8.40. The average Bonchev–Trinajstić information content (AvgIpc) is 2.59. The first-order valence-corrected chi connectivity index (χ1v) is 8.40. The van der Waals surface area contributed by atoms with E-state index in [-0.39, 0.29) is 18.6 Å². The summed E-state index contributed by atoms with van der Waals surface area (Å²) in [6.07, 6.45) is 3.26. The molecule has 0 bridgehead atoms. The normalized spacial score (nSPS) is 34.2. The van der Waals surface area contributed by atoms with Gasteiger partial charge in [0.15, 0.2) is 6.04 Å². The van der Waals surface area contributed by atoms with Gasteiger partial charge < -0.3 is 10.1 Å². The van der Waals surface area contributed by atoms with Crippen molar-refractivity contribution < 1.29 is 9.53 Å². The maximum absolute atomic E-state index is 12.0. The van der Waals surface area contributed by atoms with Crippen LogP contribution >= 0.6 is 0 Å². The number of rotatable bonds is 3. The third-order valence-electron chi connectivity index (χ3n) is 4.47. The smallest absolute Gasteiger partial charge is 0.308 e. The van der Waals surface area contributed by atoms with Gasteiger partial charge in [-0.05, 0) is 39.2 Å². The molecule has 9 heteroatoms. The van der Waals surface area contributed by atoms with E-state index in [1.807, 2.05) is 0 Å². The highest BCUT2D eigenvalue weighted by molar-refractivity contribution is 5.71. The van der Waals surface area contributed by atoms with Crippen LogP contribution in [0.15, 0.2) is 15.5 Å². The standard InChI is InChI=1S/C15H26N4O5/c1-10-5-3-6-12(17-21)7-4-8-16-11(2)14(19-23)13(18-22)9-24-15(10)20/h10-14,16H,3-9H2,1-2H3/t10-,11-,12?,13-,14-/m1/s1. The molecule has 1 saturated heterocycles. The zero-order chi connectivity index (χ0) is 17.9. The highest BCUT2D eigenvalue weighted by Crippen LogP contribution is 2.17. The first-order chi connectivity index (χ1) is 11.5. The Bertz CT molecular complexity index is 434. The number of carbonyl (C=O) groups excluding carboxylic acids is 1. The molecule has 1 rings (SSSR count). The molecule has 1 heterocycles. The molecule has 1 fully saturated rings. The third-order valence-corrected chi connectivity index (χ3v) is 4.47. The van der Waals surface area contributed by atoms with Gasteiger partial charge in [-0.2, -0.15) is 14.7 Å². The summed E-state index contributed by atoms with van der Waals surface area (Å²) in [6.45, 7) is 3.77. The van der Waals surface area contributed by atoms with Gasteiger partial charge >= 0.3 is 5.97 Å². The van der Waals surface area contributed by atoms with Crippen molar-refractivity contribution in [1.29, 1.82) is 0 Å². The van der Waals surface area contributed by atoms with Crippen molar-refractivity contribution in [2.75, 3.05) is 13.2 Å². The maximum Gasteiger partial charge on any atom is 0.308 e. The monoisotopic (exact) mass is 342 g/mol. The summed E-state index contributed by atoms with van der Waals surface area (Å²) in [5, 5.41) is 12.1. The number of hydrogen-bond acceptors (Lipinski definition) is 9. The van der Waals surface area contributed by atoms with Crippen LogP contribution in [0.3, 0.4) is 0 Å². The van der Waals surface area contributed by atoms with Crippen LogP contribution in [0.2, 0.25) is 0 Å². The molecule has 1 unspecified atom stereocenters. The number of nitroso groups, excluding NO2 is 3. The fourth-order valence-corrected chi connectivity index (χ4v) is 2.81. The lowest BCUT2D eigenvalue weighted by Crippen LogP contribution is -2.44. The second-order valence-corrected chi connectivity index (χ2v) is 6.38. The lowest BCUT2D eigenvalue weighted by Gasteiger charge is -2.23. The number of nitrogens with one attached hydrogen (secondary N) is 1. The van der Waals surface area contributed by atoms with Crippen LogP contribution < -0.4 is 5.32 Å². The second kappa shape index (κ2) is 10.9. The van der Waals surface area contributed by atoms with Crippen LogP contribution in [-0.4, -0.2) is 43.3 Å². The molecule has 24 heavy (non-hydrogen) atoms. The number of nitrogens with zero attached hydrogens (tertiary/aromatic N) is 3. The van der Waals surface area contributed by atoms with Crippen molar-refractivity contribution in [3.8, 4) is 0 Å². The number of esters is 1. The van der Waals surface area contributed by atoms with E-state index in [1.54, 1.807) is 13.8 Å². The van der Waals surface area contributed by atoms with E-state index < -0.39 is 24.1 Å². The fraction of sp³-hybridized carbons (Fsp3) is 0.933. The molecule has 9 nitrogen and oxygen atoms in total. The van der Waals surface area contributed by atoms with Crippen molar-refractivity contribution in [3.63, 3.8) is 0 Å². The molecule has 0 aliphatic carbocycles. The number of cyclic esters (lactones) is 1. The van der Waals surface area contributed by atoms with Gasteiger partial charge in [0.25, 0.3) is 0 Å². The predicted octanol–water partition coefficient (Wildman–Crippen LogP) is 2.51. The molecule has 0 saturated carbocycles. The van der Waals surface area contributed by atoms with Gasteiger partial charge in [-0.25, -0.2) is 0 Å². The van der Waals surface area contributed by atoms with Crippen LogP contribution in [0.1, 0.15) is 46.0 Å². The van der Waals surface area contributed by atoms with E-state index in [1.165, 1.54) is 0 Å². The Hall–Kier alpha value is -1.77. The Morgan fingerprint density at radius 1 is 1.00 bits per heavy atom. The Labute approximate surface area is 141 Å². The van der Waals surface area contributed by atoms with E-state index in [4.69, 9.17) is 4.74 Å². The van der Waals surface area contributed by atoms with Crippen molar-refractivity contribution >= 4 is 5.97 Å². The quantitative estimate of drug-likeness (QED) is 0.620. The van der Waals surface area contributed by atoms with Crippen LogP contribution in [0.5, 0.6) is 0 Å². The summed E-state index contributed by atoms with van der Waals surface area (Å²) >= 11 is 0. The summed E-state index contributed by atoms with van der Waals surface area (Å²) in [5.41, 5.74) is 0. The molecule has 1 aliphatic heterocycles. The van der Waals surface area contributed by atoms with Gasteiger partial charge in [0.1, 0.15) is 12.6 Å². The van der Waals surface area contributed by atoms with E-state index in [0.29, 0.717) is 32.2 Å². The Balaban J connectivity index is 2.80. The van der Waals surface area contributed by atoms with E-state index in [0.717, 1.165) is 6.42 Å². The molecule has 5 atom stereocenters. The van der Waals surface area contributed by atoms with Crippen molar-refractivity contribution in [2.24, 2.45) is 21.4 Å². The zero-order valence-electron chi connectivity index (χ0n) is 14.2. The Kier molecular flexibility index (Phi) is 9.21. The topological polar surface area (TPSA) is 127 Å². The lowest BCUT2D eigenvalue weighted by atomic mass is 9.99. The molecule has 0 spiro atoms. The minimum atomic E-state index is -1.02. The van der Waals surface area contributed by atoms with Crippen molar-refractivity contribution in [1.82, 2.24) is 5.32 Å². The van der Waals surface area contributed by atoms with E-state index in [9.17, 15) is 19.5 Å². The molecular weight excluding hydrogens is 316 g/mol. The molecule has 0 amide bonds. The molecule has 0 radical (unpaired) electrons. The minimum absolute atomic E-state index is 0.256. The Morgan fingerprint density at radius 2 is 1.71 bits per heavy atom. The second-order valence-electron chi connectivity index (χ2n) is 6.38. The third kappa shape index (κ3) is 6.38. The molecular formula is C15H26N4O5. The lowest BCUT2D eigenvalue weighted by molar-refractivity contribution is -0.148. The van der Waals surface area contributed by atoms with Crippen LogP contribution in [0, 0.1) is 20.6 Å². The molecule has 1 N–H and O–H groups in total. The number of ether oxygens (including phenoxy) is 1. The van der Waals surface area contributed by atoms with Crippen LogP contribution in [0.25, 0.3) is 0 Å². The van der Waals surface area contributed by atoms with Crippen LogP contribution in [-0.2, 0) is 9.53 Å². The summed E-state index contributed by atoms with van der Waals surface area (Å²) < 4.78 is 5.12.